The molecule has 1 aliphatic heterocycles. The third-order valence-corrected chi connectivity index (χ3v) is 3.04. The smallest absolute Gasteiger partial charge is 0.336 e. The summed E-state index contributed by atoms with van der Waals surface area (Å²) in [6.07, 6.45) is -3.47. The van der Waals surface area contributed by atoms with Crippen molar-refractivity contribution in [2.24, 2.45) is 0 Å². The Balaban J connectivity index is 2.23. The number of halogens is 3. The SMILES string of the molecule is Cc1cc(C(F)(F)F)ncc1C(=O)N1CCNCC1. The van der Waals surface area contributed by atoms with Crippen molar-refractivity contribution in [3.05, 3.63) is 29.1 Å². The predicted octanol–water partition coefficient (Wildman–Crippen LogP) is 1.45. The van der Waals surface area contributed by atoms with Crippen LogP contribution in [0.25, 0.3) is 0 Å². The Morgan fingerprint density at radius 2 is 2.00 bits per heavy atom. The Morgan fingerprint density at radius 3 is 2.53 bits per heavy atom. The van der Waals surface area contributed by atoms with Crippen LogP contribution in [-0.2, 0) is 6.18 Å². The molecule has 1 aliphatic rings. The van der Waals surface area contributed by atoms with Gasteiger partial charge in [-0.05, 0) is 18.6 Å². The second-order valence-electron chi connectivity index (χ2n) is 4.42. The third kappa shape index (κ3) is 3.04. The molecule has 0 bridgehead atoms. The number of hydrogen-bond donors (Lipinski definition) is 1. The Morgan fingerprint density at radius 1 is 1.37 bits per heavy atom. The molecule has 0 spiro atoms. The van der Waals surface area contributed by atoms with E-state index in [1.54, 1.807) is 4.90 Å². The highest BCUT2D eigenvalue weighted by molar-refractivity contribution is 5.95. The van der Waals surface area contributed by atoms with E-state index in [9.17, 15) is 18.0 Å². The van der Waals surface area contributed by atoms with Gasteiger partial charge >= 0.3 is 6.18 Å². The summed E-state index contributed by atoms with van der Waals surface area (Å²) in [5, 5.41) is 3.11. The number of hydrogen-bond acceptors (Lipinski definition) is 3. The number of nitrogens with one attached hydrogen (secondary N) is 1. The van der Waals surface area contributed by atoms with E-state index in [4.69, 9.17) is 0 Å². The van der Waals surface area contributed by atoms with E-state index in [0.29, 0.717) is 31.7 Å². The minimum Gasteiger partial charge on any atom is -0.336 e. The van der Waals surface area contributed by atoms with Crippen LogP contribution in [0.3, 0.4) is 0 Å². The van der Waals surface area contributed by atoms with Gasteiger partial charge in [0.25, 0.3) is 5.91 Å². The largest absolute Gasteiger partial charge is 0.433 e. The van der Waals surface area contributed by atoms with Crippen molar-refractivity contribution in [1.29, 1.82) is 0 Å². The molecule has 1 amide bonds. The number of alkyl halides is 3. The van der Waals surface area contributed by atoms with Crippen LogP contribution in [-0.4, -0.2) is 42.0 Å². The van der Waals surface area contributed by atoms with Gasteiger partial charge in [-0.2, -0.15) is 13.2 Å². The van der Waals surface area contributed by atoms with Crippen LogP contribution in [0.5, 0.6) is 0 Å². The maximum atomic E-state index is 12.5. The lowest BCUT2D eigenvalue weighted by Crippen LogP contribution is -2.46. The highest BCUT2D eigenvalue weighted by Crippen LogP contribution is 2.28. The molecule has 0 saturated carbocycles. The van der Waals surface area contributed by atoms with Crippen molar-refractivity contribution in [2.45, 2.75) is 13.1 Å². The first kappa shape index (κ1) is 13.8. The van der Waals surface area contributed by atoms with Crippen molar-refractivity contribution in [1.82, 2.24) is 15.2 Å². The molecule has 0 atom stereocenters. The first-order valence-electron chi connectivity index (χ1n) is 5.93. The topological polar surface area (TPSA) is 45.2 Å². The molecule has 0 aromatic carbocycles. The number of nitrogens with zero attached hydrogens (tertiary/aromatic N) is 2. The molecule has 0 aliphatic carbocycles. The van der Waals surface area contributed by atoms with Crippen LogP contribution in [0.2, 0.25) is 0 Å². The van der Waals surface area contributed by atoms with E-state index in [1.807, 2.05) is 0 Å². The molecule has 1 saturated heterocycles. The van der Waals surface area contributed by atoms with Crippen LogP contribution in [0, 0.1) is 6.92 Å². The standard InChI is InChI=1S/C12H14F3N3O/c1-8-6-10(12(13,14)15)17-7-9(8)11(19)18-4-2-16-3-5-18/h6-7,16H,2-5H2,1H3. The van der Waals surface area contributed by atoms with Crippen molar-refractivity contribution in [3.8, 4) is 0 Å². The first-order valence-corrected chi connectivity index (χ1v) is 5.93. The lowest BCUT2D eigenvalue weighted by molar-refractivity contribution is -0.141. The maximum absolute atomic E-state index is 12.5. The summed E-state index contributed by atoms with van der Waals surface area (Å²) in [7, 11) is 0. The highest BCUT2D eigenvalue weighted by Gasteiger charge is 2.33. The fourth-order valence-electron chi connectivity index (χ4n) is 1.97. The summed E-state index contributed by atoms with van der Waals surface area (Å²) < 4.78 is 37.5. The zero-order chi connectivity index (χ0) is 14.0. The Hall–Kier alpha value is -1.63. The average Bonchev–Trinajstić information content (AvgIpc) is 2.38. The van der Waals surface area contributed by atoms with Crippen LogP contribution < -0.4 is 5.32 Å². The predicted molar refractivity (Wildman–Crippen MR) is 62.7 cm³/mol. The molecule has 0 unspecified atom stereocenters. The van der Waals surface area contributed by atoms with E-state index < -0.39 is 11.9 Å². The van der Waals surface area contributed by atoms with Crippen molar-refractivity contribution >= 4 is 5.91 Å². The number of aryl methyl sites for hydroxylation is 1. The Bertz CT molecular complexity index is 482. The van der Waals surface area contributed by atoms with Gasteiger partial charge in [0.1, 0.15) is 5.69 Å². The summed E-state index contributed by atoms with van der Waals surface area (Å²) >= 11 is 0. The zero-order valence-corrected chi connectivity index (χ0v) is 10.4. The summed E-state index contributed by atoms with van der Waals surface area (Å²) in [5.41, 5.74) is -0.442. The lowest BCUT2D eigenvalue weighted by Gasteiger charge is -2.27. The first-order chi connectivity index (χ1) is 8.89. The van der Waals surface area contributed by atoms with E-state index in [0.717, 1.165) is 12.3 Å². The van der Waals surface area contributed by atoms with Gasteiger partial charge < -0.3 is 10.2 Å². The van der Waals surface area contributed by atoms with Crippen LogP contribution in [0.4, 0.5) is 13.2 Å². The summed E-state index contributed by atoms with van der Waals surface area (Å²) in [6, 6.07) is 0.912. The molecule has 2 heterocycles. The van der Waals surface area contributed by atoms with Gasteiger partial charge in [0.05, 0.1) is 5.56 Å². The van der Waals surface area contributed by atoms with Crippen molar-refractivity contribution in [3.63, 3.8) is 0 Å². The molecule has 2 rings (SSSR count). The molecule has 1 aromatic heterocycles. The molecule has 1 fully saturated rings. The molecule has 104 valence electrons. The number of carbonyl (C=O) groups is 1. The van der Waals surface area contributed by atoms with Gasteiger partial charge in [0.2, 0.25) is 0 Å². The quantitative estimate of drug-likeness (QED) is 0.842. The van der Waals surface area contributed by atoms with E-state index in [2.05, 4.69) is 10.3 Å². The lowest BCUT2D eigenvalue weighted by atomic mass is 10.1. The van der Waals surface area contributed by atoms with Crippen LogP contribution in [0.15, 0.2) is 12.3 Å². The van der Waals surface area contributed by atoms with Gasteiger partial charge in [0, 0.05) is 32.4 Å². The molecular formula is C12H14F3N3O. The highest BCUT2D eigenvalue weighted by atomic mass is 19.4. The molecule has 19 heavy (non-hydrogen) atoms. The normalized spacial score (nSPS) is 16.5. The maximum Gasteiger partial charge on any atom is 0.433 e. The Kier molecular flexibility index (Phi) is 3.75. The molecular weight excluding hydrogens is 259 g/mol. The molecule has 4 nitrogen and oxygen atoms in total. The van der Waals surface area contributed by atoms with Gasteiger partial charge in [-0.15, -0.1) is 0 Å². The second-order valence-corrected chi connectivity index (χ2v) is 4.42. The van der Waals surface area contributed by atoms with Crippen molar-refractivity contribution in [2.75, 3.05) is 26.2 Å². The van der Waals surface area contributed by atoms with E-state index in [1.165, 1.54) is 6.92 Å². The van der Waals surface area contributed by atoms with Crippen LogP contribution >= 0.6 is 0 Å². The van der Waals surface area contributed by atoms with E-state index >= 15 is 0 Å². The monoisotopic (exact) mass is 273 g/mol. The molecule has 1 N–H and O–H groups in total. The van der Waals surface area contributed by atoms with Gasteiger partial charge in [-0.25, -0.2) is 0 Å². The van der Waals surface area contributed by atoms with Crippen molar-refractivity contribution < 1.29 is 18.0 Å². The zero-order valence-electron chi connectivity index (χ0n) is 10.4. The number of aromatic nitrogens is 1. The van der Waals surface area contributed by atoms with E-state index in [-0.39, 0.29) is 11.5 Å². The van der Waals surface area contributed by atoms with Crippen LogP contribution in [0.1, 0.15) is 21.6 Å². The molecule has 1 aromatic rings. The number of carbonyl (C=O) groups excluding carboxylic acids is 1. The second kappa shape index (κ2) is 5.16. The third-order valence-electron chi connectivity index (χ3n) is 3.04. The fourth-order valence-corrected chi connectivity index (χ4v) is 1.97. The summed E-state index contributed by atoms with van der Waals surface area (Å²) in [5.74, 6) is -0.264. The van der Waals surface area contributed by atoms with Gasteiger partial charge in [-0.3, -0.25) is 9.78 Å². The number of piperazine rings is 1. The summed E-state index contributed by atoms with van der Waals surface area (Å²) in [4.78, 5) is 17.1. The minimum absolute atomic E-state index is 0.231. The molecule has 0 radical (unpaired) electrons. The Labute approximate surface area is 108 Å². The minimum atomic E-state index is -4.48. The number of rotatable bonds is 1. The average molecular weight is 273 g/mol. The summed E-state index contributed by atoms with van der Waals surface area (Å²) in [6.45, 7) is 3.99. The number of pyridine rings is 1. The molecule has 7 heteroatoms. The fraction of sp³-hybridized carbons (Fsp3) is 0.500. The van der Waals surface area contributed by atoms with Gasteiger partial charge in [-0.1, -0.05) is 0 Å². The van der Waals surface area contributed by atoms with Gasteiger partial charge in [0.15, 0.2) is 0 Å². The number of amides is 1.